The van der Waals surface area contributed by atoms with E-state index in [9.17, 15) is 0 Å². The molecule has 0 aliphatic rings. The molecule has 2 rings (SSSR count). The fourth-order valence-electron chi connectivity index (χ4n) is 1.75. The van der Waals surface area contributed by atoms with E-state index in [-0.39, 0.29) is 0 Å². The number of aromatic nitrogens is 2. The van der Waals surface area contributed by atoms with Crippen LogP contribution >= 0.6 is 0 Å². The highest BCUT2D eigenvalue weighted by Gasteiger charge is 2.06. The standard InChI is InChI=1S/C13H17N3O/c1-4-17-11-7-5-10(6-8-11)12-9-13(14-2)15-16(12)3/h5-9H,4H2,1-3H3,(H,14,15). The molecule has 1 heterocycles. The predicted molar refractivity (Wildman–Crippen MR) is 69.4 cm³/mol. The first kappa shape index (κ1) is 11.5. The third kappa shape index (κ3) is 2.41. The van der Waals surface area contributed by atoms with Gasteiger partial charge in [-0.15, -0.1) is 0 Å². The number of aryl methyl sites for hydroxylation is 1. The molecule has 0 aliphatic carbocycles. The third-order valence-electron chi connectivity index (χ3n) is 2.60. The van der Waals surface area contributed by atoms with Crippen LogP contribution in [0.3, 0.4) is 0 Å². The first-order valence-corrected chi connectivity index (χ1v) is 5.69. The SMILES string of the molecule is CCOc1ccc(-c2cc(NC)nn2C)cc1. The number of hydrogen-bond acceptors (Lipinski definition) is 3. The van der Waals surface area contributed by atoms with Gasteiger partial charge in [-0.3, -0.25) is 4.68 Å². The second kappa shape index (κ2) is 4.91. The Morgan fingerprint density at radius 2 is 2.00 bits per heavy atom. The number of benzene rings is 1. The maximum absolute atomic E-state index is 5.42. The maximum atomic E-state index is 5.42. The summed E-state index contributed by atoms with van der Waals surface area (Å²) in [6.45, 7) is 2.67. The lowest BCUT2D eigenvalue weighted by Crippen LogP contribution is -1.95. The summed E-state index contributed by atoms with van der Waals surface area (Å²) in [5, 5.41) is 7.37. The normalized spacial score (nSPS) is 10.3. The van der Waals surface area contributed by atoms with Crippen LogP contribution in [0.15, 0.2) is 30.3 Å². The maximum Gasteiger partial charge on any atom is 0.148 e. The van der Waals surface area contributed by atoms with E-state index >= 15 is 0 Å². The highest BCUT2D eigenvalue weighted by atomic mass is 16.5. The van der Waals surface area contributed by atoms with Crippen LogP contribution in [0.25, 0.3) is 11.3 Å². The number of nitrogens with one attached hydrogen (secondary N) is 1. The molecule has 0 radical (unpaired) electrons. The van der Waals surface area contributed by atoms with Crippen LogP contribution in [0.1, 0.15) is 6.92 Å². The number of nitrogens with zero attached hydrogens (tertiary/aromatic N) is 2. The summed E-state index contributed by atoms with van der Waals surface area (Å²) >= 11 is 0. The number of ether oxygens (including phenoxy) is 1. The Morgan fingerprint density at radius 3 is 2.53 bits per heavy atom. The third-order valence-corrected chi connectivity index (χ3v) is 2.60. The van der Waals surface area contributed by atoms with Crippen molar-refractivity contribution in [3.8, 4) is 17.0 Å². The van der Waals surface area contributed by atoms with Crippen molar-refractivity contribution in [2.45, 2.75) is 6.92 Å². The van der Waals surface area contributed by atoms with Gasteiger partial charge in [-0.05, 0) is 31.2 Å². The second-order valence-corrected chi connectivity index (χ2v) is 3.75. The molecule has 90 valence electrons. The summed E-state index contributed by atoms with van der Waals surface area (Å²) < 4.78 is 7.28. The van der Waals surface area contributed by atoms with E-state index < -0.39 is 0 Å². The summed E-state index contributed by atoms with van der Waals surface area (Å²) in [6.07, 6.45) is 0. The van der Waals surface area contributed by atoms with E-state index in [1.807, 2.05) is 56.0 Å². The molecule has 17 heavy (non-hydrogen) atoms. The van der Waals surface area contributed by atoms with Crippen molar-refractivity contribution in [3.05, 3.63) is 30.3 Å². The molecule has 0 atom stereocenters. The molecule has 0 unspecified atom stereocenters. The average Bonchev–Trinajstić information content (AvgIpc) is 2.72. The molecule has 4 nitrogen and oxygen atoms in total. The molecule has 0 bridgehead atoms. The van der Waals surface area contributed by atoms with Crippen LogP contribution in [0, 0.1) is 0 Å². The van der Waals surface area contributed by atoms with Crippen molar-refractivity contribution < 1.29 is 4.74 Å². The van der Waals surface area contributed by atoms with E-state index in [0.717, 1.165) is 22.8 Å². The van der Waals surface area contributed by atoms with Crippen molar-refractivity contribution in [2.75, 3.05) is 19.0 Å². The summed E-state index contributed by atoms with van der Waals surface area (Å²) in [7, 11) is 3.80. The second-order valence-electron chi connectivity index (χ2n) is 3.75. The minimum Gasteiger partial charge on any atom is -0.494 e. The van der Waals surface area contributed by atoms with Crippen molar-refractivity contribution in [2.24, 2.45) is 7.05 Å². The monoisotopic (exact) mass is 231 g/mol. The molecule has 0 saturated heterocycles. The minimum atomic E-state index is 0.689. The fraction of sp³-hybridized carbons (Fsp3) is 0.308. The van der Waals surface area contributed by atoms with Crippen LogP contribution < -0.4 is 10.1 Å². The quantitative estimate of drug-likeness (QED) is 0.878. The molecule has 0 fully saturated rings. The van der Waals surface area contributed by atoms with Gasteiger partial charge in [0, 0.05) is 25.7 Å². The fourth-order valence-corrected chi connectivity index (χ4v) is 1.75. The van der Waals surface area contributed by atoms with Crippen LogP contribution in [0.4, 0.5) is 5.82 Å². The van der Waals surface area contributed by atoms with Crippen molar-refractivity contribution in [1.82, 2.24) is 9.78 Å². The highest BCUT2D eigenvalue weighted by molar-refractivity contribution is 5.64. The van der Waals surface area contributed by atoms with Gasteiger partial charge < -0.3 is 10.1 Å². The average molecular weight is 231 g/mol. The minimum absolute atomic E-state index is 0.689. The number of rotatable bonds is 4. The van der Waals surface area contributed by atoms with Crippen molar-refractivity contribution >= 4 is 5.82 Å². The zero-order valence-electron chi connectivity index (χ0n) is 10.4. The van der Waals surface area contributed by atoms with Gasteiger partial charge in [0.2, 0.25) is 0 Å². The van der Waals surface area contributed by atoms with Gasteiger partial charge in [-0.2, -0.15) is 5.10 Å². The van der Waals surface area contributed by atoms with Gasteiger partial charge in [0.25, 0.3) is 0 Å². The smallest absolute Gasteiger partial charge is 0.148 e. The van der Waals surface area contributed by atoms with Crippen LogP contribution in [-0.4, -0.2) is 23.4 Å². The molecule has 0 saturated carbocycles. The van der Waals surface area contributed by atoms with Crippen LogP contribution in [0.2, 0.25) is 0 Å². The lowest BCUT2D eigenvalue weighted by Gasteiger charge is -2.05. The van der Waals surface area contributed by atoms with E-state index in [2.05, 4.69) is 10.4 Å². The summed E-state index contributed by atoms with van der Waals surface area (Å²) in [5.41, 5.74) is 2.21. The molecule has 1 N–H and O–H groups in total. The number of hydrogen-bond donors (Lipinski definition) is 1. The Kier molecular flexibility index (Phi) is 3.32. The topological polar surface area (TPSA) is 39.1 Å². The molecule has 0 aliphatic heterocycles. The van der Waals surface area contributed by atoms with Crippen molar-refractivity contribution in [3.63, 3.8) is 0 Å². The summed E-state index contributed by atoms with van der Waals surface area (Å²) in [6, 6.07) is 10.1. The van der Waals surface area contributed by atoms with Crippen molar-refractivity contribution in [1.29, 1.82) is 0 Å². The Balaban J connectivity index is 2.29. The first-order chi connectivity index (χ1) is 8.24. The van der Waals surface area contributed by atoms with Gasteiger partial charge in [0.1, 0.15) is 11.6 Å². The molecular formula is C13H17N3O. The molecule has 0 spiro atoms. The Labute approximate surface area is 101 Å². The molecule has 2 aromatic rings. The first-order valence-electron chi connectivity index (χ1n) is 5.69. The van der Waals surface area contributed by atoms with Crippen LogP contribution in [0.5, 0.6) is 5.75 Å². The van der Waals surface area contributed by atoms with Gasteiger partial charge in [0.15, 0.2) is 0 Å². The summed E-state index contributed by atoms with van der Waals surface area (Å²) in [4.78, 5) is 0. The predicted octanol–water partition coefficient (Wildman–Crippen LogP) is 2.53. The largest absolute Gasteiger partial charge is 0.494 e. The number of anilines is 1. The Bertz CT molecular complexity index is 488. The van der Waals surface area contributed by atoms with Gasteiger partial charge in [0.05, 0.1) is 12.3 Å². The van der Waals surface area contributed by atoms with E-state index in [1.54, 1.807) is 0 Å². The Hall–Kier alpha value is -1.97. The molecule has 0 amide bonds. The van der Waals surface area contributed by atoms with Gasteiger partial charge in [-0.25, -0.2) is 0 Å². The van der Waals surface area contributed by atoms with E-state index in [4.69, 9.17) is 4.74 Å². The molecular weight excluding hydrogens is 214 g/mol. The highest BCUT2D eigenvalue weighted by Crippen LogP contribution is 2.24. The summed E-state index contributed by atoms with van der Waals surface area (Å²) in [5.74, 6) is 1.77. The lowest BCUT2D eigenvalue weighted by molar-refractivity contribution is 0.340. The zero-order chi connectivity index (χ0) is 12.3. The lowest BCUT2D eigenvalue weighted by atomic mass is 10.1. The zero-order valence-corrected chi connectivity index (χ0v) is 10.4. The Morgan fingerprint density at radius 1 is 1.29 bits per heavy atom. The molecule has 4 heteroatoms. The molecule has 1 aromatic heterocycles. The molecule has 1 aromatic carbocycles. The van der Waals surface area contributed by atoms with Crippen LogP contribution in [-0.2, 0) is 7.05 Å². The van der Waals surface area contributed by atoms with E-state index in [0.29, 0.717) is 6.61 Å². The van der Waals surface area contributed by atoms with E-state index in [1.165, 1.54) is 0 Å². The van der Waals surface area contributed by atoms with Gasteiger partial charge in [-0.1, -0.05) is 0 Å². The van der Waals surface area contributed by atoms with Gasteiger partial charge >= 0.3 is 0 Å².